The van der Waals surface area contributed by atoms with Crippen molar-refractivity contribution in [3.8, 4) is 11.8 Å². The zero-order valence-electron chi connectivity index (χ0n) is 12.5. The van der Waals surface area contributed by atoms with Gasteiger partial charge in [0.1, 0.15) is 17.5 Å². The Kier molecular flexibility index (Phi) is 5.04. The first-order chi connectivity index (χ1) is 11.3. The van der Waals surface area contributed by atoms with Gasteiger partial charge in [-0.25, -0.2) is 4.98 Å². The van der Waals surface area contributed by atoms with E-state index in [1.165, 1.54) is 48.5 Å². The Hall–Kier alpha value is -3.08. The van der Waals surface area contributed by atoms with Crippen LogP contribution in [0.5, 0.6) is 5.75 Å². The van der Waals surface area contributed by atoms with Crippen molar-refractivity contribution in [1.82, 2.24) is 9.88 Å². The van der Waals surface area contributed by atoms with E-state index in [-0.39, 0.29) is 18.0 Å². The van der Waals surface area contributed by atoms with Gasteiger partial charge in [-0.1, -0.05) is 12.1 Å². The second-order valence-electron chi connectivity index (χ2n) is 4.90. The van der Waals surface area contributed by atoms with Crippen LogP contribution < -0.4 is 4.74 Å². The number of rotatable bonds is 4. The molecule has 2 rings (SSSR count). The number of nitrogens with zero attached hydrogens (tertiary/aromatic N) is 3. The van der Waals surface area contributed by atoms with Crippen LogP contribution in [0.1, 0.15) is 21.6 Å². The number of aromatic nitrogens is 1. The third-order valence-corrected chi connectivity index (χ3v) is 3.01. The van der Waals surface area contributed by atoms with Crippen molar-refractivity contribution in [1.29, 1.82) is 5.26 Å². The first-order valence-corrected chi connectivity index (χ1v) is 6.75. The minimum atomic E-state index is -4.77. The highest BCUT2D eigenvalue weighted by Crippen LogP contribution is 2.23. The van der Waals surface area contributed by atoms with Gasteiger partial charge in [0, 0.05) is 19.8 Å². The zero-order chi connectivity index (χ0) is 17.7. The first-order valence-electron chi connectivity index (χ1n) is 6.75. The van der Waals surface area contributed by atoms with Crippen molar-refractivity contribution < 1.29 is 22.7 Å². The number of alkyl halides is 3. The van der Waals surface area contributed by atoms with E-state index < -0.39 is 12.3 Å². The molecule has 1 aromatic heterocycles. The second-order valence-corrected chi connectivity index (χ2v) is 4.90. The Morgan fingerprint density at radius 2 is 2.08 bits per heavy atom. The van der Waals surface area contributed by atoms with Crippen LogP contribution in [-0.4, -0.2) is 29.2 Å². The Balaban J connectivity index is 2.08. The van der Waals surface area contributed by atoms with Gasteiger partial charge in [-0.05, 0) is 29.8 Å². The van der Waals surface area contributed by atoms with E-state index in [2.05, 4.69) is 9.72 Å². The molecule has 0 atom stereocenters. The fourth-order valence-corrected chi connectivity index (χ4v) is 1.97. The molecule has 0 spiro atoms. The lowest BCUT2D eigenvalue weighted by atomic mass is 10.2. The van der Waals surface area contributed by atoms with Gasteiger partial charge in [-0.15, -0.1) is 13.2 Å². The van der Waals surface area contributed by atoms with Crippen LogP contribution in [0.4, 0.5) is 13.2 Å². The molecule has 0 radical (unpaired) electrons. The summed E-state index contributed by atoms with van der Waals surface area (Å²) in [6, 6.07) is 10.2. The molecule has 2 aromatic rings. The maximum absolute atomic E-state index is 12.2. The lowest BCUT2D eigenvalue weighted by Gasteiger charge is -2.17. The molecule has 1 amide bonds. The summed E-state index contributed by atoms with van der Waals surface area (Å²) >= 11 is 0. The fourth-order valence-electron chi connectivity index (χ4n) is 1.97. The van der Waals surface area contributed by atoms with Crippen LogP contribution in [0, 0.1) is 11.3 Å². The average Bonchev–Trinajstić information content (AvgIpc) is 2.53. The molecular formula is C16H12F3N3O2. The van der Waals surface area contributed by atoms with Gasteiger partial charge < -0.3 is 9.64 Å². The van der Waals surface area contributed by atoms with Crippen LogP contribution in [-0.2, 0) is 6.54 Å². The number of hydrogen-bond acceptors (Lipinski definition) is 4. The van der Waals surface area contributed by atoms with Gasteiger partial charge in [0.05, 0.1) is 5.56 Å². The summed E-state index contributed by atoms with van der Waals surface area (Å²) < 4.78 is 40.5. The van der Waals surface area contributed by atoms with Crippen molar-refractivity contribution in [3.63, 3.8) is 0 Å². The fraction of sp³-hybridized carbons (Fsp3) is 0.188. The minimum Gasteiger partial charge on any atom is -0.406 e. The van der Waals surface area contributed by atoms with E-state index in [0.29, 0.717) is 11.1 Å². The summed E-state index contributed by atoms with van der Waals surface area (Å²) in [7, 11) is 1.50. The Labute approximate surface area is 135 Å². The maximum atomic E-state index is 12.2. The molecule has 124 valence electrons. The third-order valence-electron chi connectivity index (χ3n) is 3.01. The number of pyridine rings is 1. The van der Waals surface area contributed by atoms with Crippen molar-refractivity contribution >= 4 is 5.91 Å². The van der Waals surface area contributed by atoms with E-state index in [1.807, 2.05) is 6.07 Å². The quantitative estimate of drug-likeness (QED) is 0.861. The van der Waals surface area contributed by atoms with Crippen molar-refractivity contribution in [2.75, 3.05) is 7.05 Å². The van der Waals surface area contributed by atoms with Crippen molar-refractivity contribution in [2.24, 2.45) is 0 Å². The third kappa shape index (κ3) is 4.71. The summed E-state index contributed by atoms with van der Waals surface area (Å²) in [4.78, 5) is 17.4. The number of carbonyl (C=O) groups is 1. The molecule has 1 aromatic carbocycles. The van der Waals surface area contributed by atoms with Gasteiger partial charge in [-0.3, -0.25) is 4.79 Å². The molecular weight excluding hydrogens is 323 g/mol. The first kappa shape index (κ1) is 17.3. The van der Waals surface area contributed by atoms with Gasteiger partial charge in [0.2, 0.25) is 0 Å². The Bertz CT molecular complexity index is 767. The van der Waals surface area contributed by atoms with Crippen LogP contribution >= 0.6 is 0 Å². The summed E-state index contributed by atoms with van der Waals surface area (Å²) in [5.41, 5.74) is 0.937. The molecule has 0 fully saturated rings. The van der Waals surface area contributed by atoms with Crippen LogP contribution in [0.3, 0.4) is 0 Å². The smallest absolute Gasteiger partial charge is 0.406 e. The average molecular weight is 335 g/mol. The van der Waals surface area contributed by atoms with E-state index in [4.69, 9.17) is 5.26 Å². The highest BCUT2D eigenvalue weighted by Gasteiger charge is 2.31. The van der Waals surface area contributed by atoms with Crippen LogP contribution in [0.2, 0.25) is 0 Å². The monoisotopic (exact) mass is 335 g/mol. The van der Waals surface area contributed by atoms with E-state index >= 15 is 0 Å². The zero-order valence-corrected chi connectivity index (χ0v) is 12.5. The molecule has 0 aliphatic rings. The molecule has 0 bridgehead atoms. The van der Waals surface area contributed by atoms with E-state index in [9.17, 15) is 18.0 Å². The molecule has 0 aliphatic carbocycles. The van der Waals surface area contributed by atoms with Crippen LogP contribution in [0.15, 0.2) is 42.6 Å². The largest absolute Gasteiger partial charge is 0.573 e. The van der Waals surface area contributed by atoms with Crippen molar-refractivity contribution in [3.05, 3.63) is 59.4 Å². The van der Waals surface area contributed by atoms with E-state index in [1.54, 1.807) is 6.07 Å². The van der Waals surface area contributed by atoms with Gasteiger partial charge in [-0.2, -0.15) is 5.26 Å². The number of amides is 1. The molecule has 1 heterocycles. The van der Waals surface area contributed by atoms with Gasteiger partial charge in [0.15, 0.2) is 0 Å². The molecule has 0 aliphatic heterocycles. The normalized spacial score (nSPS) is 10.8. The number of hydrogen-bond donors (Lipinski definition) is 0. The summed E-state index contributed by atoms with van der Waals surface area (Å²) in [6.45, 7) is 0.0789. The molecule has 0 N–H and O–H groups in total. The summed E-state index contributed by atoms with van der Waals surface area (Å²) in [5.74, 6) is -0.765. The maximum Gasteiger partial charge on any atom is 0.573 e. The lowest BCUT2D eigenvalue weighted by molar-refractivity contribution is -0.274. The number of carbonyl (C=O) groups excluding carboxylic acids is 1. The van der Waals surface area contributed by atoms with E-state index in [0.717, 1.165) is 0 Å². The van der Waals surface area contributed by atoms with Crippen molar-refractivity contribution in [2.45, 2.75) is 12.9 Å². The predicted molar refractivity (Wildman–Crippen MR) is 77.9 cm³/mol. The molecule has 0 saturated carbocycles. The second kappa shape index (κ2) is 7.00. The lowest BCUT2D eigenvalue weighted by Crippen LogP contribution is -2.27. The molecule has 5 nitrogen and oxygen atoms in total. The summed E-state index contributed by atoms with van der Waals surface area (Å²) in [5, 5.41) is 8.70. The number of nitriles is 1. The molecule has 0 saturated heterocycles. The predicted octanol–water partition coefficient (Wildman–Crippen LogP) is 3.12. The SMILES string of the molecule is CN(Cc1cccc(OC(F)(F)F)c1)C(=O)c1ccc(C#N)cn1. The van der Waals surface area contributed by atoms with Gasteiger partial charge >= 0.3 is 6.36 Å². The number of benzene rings is 1. The van der Waals surface area contributed by atoms with Gasteiger partial charge in [0.25, 0.3) is 5.91 Å². The Morgan fingerprint density at radius 1 is 1.33 bits per heavy atom. The van der Waals surface area contributed by atoms with Crippen LogP contribution in [0.25, 0.3) is 0 Å². The standard InChI is InChI=1S/C16H12F3N3O2/c1-22(15(23)14-6-5-12(8-20)9-21-14)10-11-3-2-4-13(7-11)24-16(17,18)19/h2-7,9H,10H2,1H3. The Morgan fingerprint density at radius 3 is 2.67 bits per heavy atom. The summed E-state index contributed by atoms with van der Waals surface area (Å²) in [6.07, 6.45) is -3.49. The molecule has 8 heteroatoms. The highest BCUT2D eigenvalue weighted by molar-refractivity contribution is 5.92. The number of halogens is 3. The highest BCUT2D eigenvalue weighted by atomic mass is 19.4. The topological polar surface area (TPSA) is 66.2 Å². The molecule has 0 unspecified atom stereocenters. The minimum absolute atomic E-state index is 0.0789. The number of ether oxygens (including phenoxy) is 1. The molecule has 24 heavy (non-hydrogen) atoms.